The number of hydrogen-bond acceptors (Lipinski definition) is 6. The quantitative estimate of drug-likeness (QED) is 0.347. The first kappa shape index (κ1) is 20.9. The van der Waals surface area contributed by atoms with Gasteiger partial charge >= 0.3 is 0 Å². The highest BCUT2D eigenvalue weighted by atomic mass is 35.5. The van der Waals surface area contributed by atoms with Crippen LogP contribution in [-0.4, -0.2) is 36.7 Å². The minimum absolute atomic E-state index is 0.00376. The Hall–Kier alpha value is -4.63. The maximum atomic E-state index is 12.4. The number of carbonyl (C=O) groups excluding carboxylic acids is 2. The summed E-state index contributed by atoms with van der Waals surface area (Å²) in [5, 5.41) is 6.11. The number of pyridine rings is 1. The second-order valence-electron chi connectivity index (χ2n) is 8.02. The highest BCUT2D eigenvalue weighted by Gasteiger charge is 2.18. The second kappa shape index (κ2) is 8.30. The monoisotopic (exact) mass is 481 g/mol. The maximum absolute atomic E-state index is 12.4. The molecule has 3 N–H and O–H groups in total. The number of nitrogens with one attached hydrogen (secondary N) is 3. The van der Waals surface area contributed by atoms with Crippen molar-refractivity contribution in [2.75, 3.05) is 10.6 Å². The van der Waals surface area contributed by atoms with Crippen LogP contribution in [0.5, 0.6) is 0 Å². The number of hydrogen-bond donors (Lipinski definition) is 3. The van der Waals surface area contributed by atoms with Crippen LogP contribution < -0.4 is 10.6 Å². The van der Waals surface area contributed by atoms with Gasteiger partial charge in [0.2, 0.25) is 5.91 Å². The fraction of sp³-hybridized carbons (Fsp3) is 0.0400. The largest absolute Gasteiger partial charge is 0.337 e. The lowest BCUT2D eigenvalue weighted by Gasteiger charge is -2.07. The van der Waals surface area contributed by atoms with E-state index in [4.69, 9.17) is 11.6 Å². The SMILES string of the molecule is O=C1Cc2cc(-c3cnc4nc(-c5cc(NC(=O)c6cnccn6)ccc5Cl)[nH]c4c3)ccc2N1. The van der Waals surface area contributed by atoms with Gasteiger partial charge in [-0.1, -0.05) is 17.7 Å². The molecule has 0 saturated heterocycles. The second-order valence-corrected chi connectivity index (χ2v) is 8.42. The van der Waals surface area contributed by atoms with Crippen LogP contribution >= 0.6 is 11.6 Å². The Morgan fingerprint density at radius 3 is 2.77 bits per heavy atom. The number of halogens is 1. The van der Waals surface area contributed by atoms with E-state index in [1.165, 1.54) is 18.6 Å². The molecule has 170 valence electrons. The molecule has 5 aromatic rings. The van der Waals surface area contributed by atoms with Gasteiger partial charge in [-0.15, -0.1) is 0 Å². The molecule has 0 unspecified atom stereocenters. The molecule has 0 aliphatic carbocycles. The van der Waals surface area contributed by atoms with E-state index in [1.54, 1.807) is 24.4 Å². The Balaban J connectivity index is 1.31. The Kier molecular flexibility index (Phi) is 4.97. The average Bonchev–Trinajstić information content (AvgIpc) is 3.47. The van der Waals surface area contributed by atoms with E-state index in [9.17, 15) is 9.59 Å². The van der Waals surface area contributed by atoms with E-state index >= 15 is 0 Å². The van der Waals surface area contributed by atoms with Gasteiger partial charge < -0.3 is 15.6 Å². The van der Waals surface area contributed by atoms with Gasteiger partial charge in [0.1, 0.15) is 11.5 Å². The summed E-state index contributed by atoms with van der Waals surface area (Å²) in [6.07, 6.45) is 6.47. The fourth-order valence-corrected chi connectivity index (χ4v) is 4.20. The van der Waals surface area contributed by atoms with Gasteiger partial charge in [-0.05, 0) is 47.5 Å². The summed E-state index contributed by atoms with van der Waals surface area (Å²) < 4.78 is 0. The first-order valence-electron chi connectivity index (χ1n) is 10.7. The number of aromatic nitrogens is 5. The molecule has 2 aromatic carbocycles. The van der Waals surface area contributed by atoms with E-state index in [-0.39, 0.29) is 17.5 Å². The van der Waals surface area contributed by atoms with Gasteiger partial charge in [-0.3, -0.25) is 14.6 Å². The van der Waals surface area contributed by atoms with Gasteiger partial charge in [-0.2, -0.15) is 0 Å². The molecule has 0 atom stereocenters. The van der Waals surface area contributed by atoms with E-state index in [0.29, 0.717) is 34.2 Å². The predicted octanol–water partition coefficient (Wildman–Crippen LogP) is 4.48. The van der Waals surface area contributed by atoms with Crippen molar-refractivity contribution < 1.29 is 9.59 Å². The summed E-state index contributed by atoms with van der Waals surface area (Å²) in [5.74, 6) is 0.137. The number of carbonyl (C=O) groups is 2. The summed E-state index contributed by atoms with van der Waals surface area (Å²) in [6, 6.07) is 12.9. The van der Waals surface area contributed by atoms with Crippen LogP contribution in [0.25, 0.3) is 33.7 Å². The lowest BCUT2D eigenvalue weighted by molar-refractivity contribution is -0.115. The molecule has 10 heteroatoms. The van der Waals surface area contributed by atoms with Crippen LogP contribution in [0.2, 0.25) is 5.02 Å². The van der Waals surface area contributed by atoms with E-state index in [0.717, 1.165) is 27.9 Å². The number of H-pyrrole nitrogens is 1. The molecular weight excluding hydrogens is 466 g/mol. The van der Waals surface area contributed by atoms with Gasteiger partial charge in [0.25, 0.3) is 5.91 Å². The number of benzene rings is 2. The van der Waals surface area contributed by atoms with Crippen LogP contribution in [0.15, 0.2) is 67.3 Å². The molecule has 2 amide bonds. The Morgan fingerprint density at radius 2 is 1.91 bits per heavy atom. The molecule has 0 saturated carbocycles. The minimum atomic E-state index is -0.381. The summed E-state index contributed by atoms with van der Waals surface area (Å²) in [4.78, 5) is 44.4. The van der Waals surface area contributed by atoms with Crippen molar-refractivity contribution in [3.05, 3.63) is 83.5 Å². The Labute approximate surface area is 203 Å². The summed E-state index contributed by atoms with van der Waals surface area (Å²) in [6.45, 7) is 0. The molecule has 9 nitrogen and oxygen atoms in total. The number of amides is 2. The average molecular weight is 482 g/mol. The molecule has 0 fully saturated rings. The van der Waals surface area contributed by atoms with Crippen LogP contribution in [-0.2, 0) is 11.2 Å². The predicted molar refractivity (Wildman–Crippen MR) is 132 cm³/mol. The maximum Gasteiger partial charge on any atom is 0.275 e. The normalized spacial score (nSPS) is 12.4. The molecule has 3 aromatic heterocycles. The van der Waals surface area contributed by atoms with Crippen molar-refractivity contribution in [2.24, 2.45) is 0 Å². The number of fused-ring (bicyclic) bond motifs is 2. The van der Waals surface area contributed by atoms with Crippen LogP contribution in [0, 0.1) is 0 Å². The molecule has 1 aliphatic heterocycles. The molecule has 0 radical (unpaired) electrons. The van der Waals surface area contributed by atoms with E-state index in [1.807, 2.05) is 24.3 Å². The van der Waals surface area contributed by atoms with E-state index < -0.39 is 0 Å². The van der Waals surface area contributed by atoms with Crippen LogP contribution in [0.3, 0.4) is 0 Å². The first-order chi connectivity index (χ1) is 17.0. The smallest absolute Gasteiger partial charge is 0.275 e. The van der Waals surface area contributed by atoms with Crippen LogP contribution in [0.1, 0.15) is 16.1 Å². The van der Waals surface area contributed by atoms with Crippen molar-refractivity contribution in [3.63, 3.8) is 0 Å². The number of imidazole rings is 1. The van der Waals surface area contributed by atoms with E-state index in [2.05, 4.69) is 35.6 Å². The van der Waals surface area contributed by atoms with Gasteiger partial charge in [0.15, 0.2) is 5.65 Å². The third kappa shape index (κ3) is 3.98. The molecule has 6 rings (SSSR count). The third-order valence-electron chi connectivity index (χ3n) is 5.68. The van der Waals surface area contributed by atoms with Gasteiger partial charge in [0.05, 0.1) is 23.2 Å². The van der Waals surface area contributed by atoms with Gasteiger partial charge in [-0.25, -0.2) is 15.0 Å². The lowest BCUT2D eigenvalue weighted by atomic mass is 10.0. The highest BCUT2D eigenvalue weighted by molar-refractivity contribution is 6.33. The number of nitrogens with zero attached hydrogens (tertiary/aromatic N) is 4. The van der Waals surface area contributed by atoms with Gasteiger partial charge in [0, 0.05) is 41.1 Å². The topological polar surface area (TPSA) is 126 Å². The minimum Gasteiger partial charge on any atom is -0.337 e. The van der Waals surface area contributed by atoms with Crippen molar-refractivity contribution >= 4 is 46.0 Å². The fourth-order valence-electron chi connectivity index (χ4n) is 3.99. The zero-order valence-corrected chi connectivity index (χ0v) is 18.8. The summed E-state index contributed by atoms with van der Waals surface area (Å²) in [5.41, 5.74) is 6.28. The van der Waals surface area contributed by atoms with Crippen molar-refractivity contribution in [1.82, 2.24) is 24.9 Å². The first-order valence-corrected chi connectivity index (χ1v) is 11.1. The zero-order valence-electron chi connectivity index (χ0n) is 18.0. The zero-order chi connectivity index (χ0) is 23.9. The highest BCUT2D eigenvalue weighted by Crippen LogP contribution is 2.32. The summed E-state index contributed by atoms with van der Waals surface area (Å²) in [7, 11) is 0. The summed E-state index contributed by atoms with van der Waals surface area (Å²) >= 11 is 6.46. The molecular formula is C25H16ClN7O2. The third-order valence-corrected chi connectivity index (χ3v) is 6.01. The van der Waals surface area contributed by atoms with Crippen molar-refractivity contribution in [2.45, 2.75) is 6.42 Å². The molecule has 1 aliphatic rings. The Morgan fingerprint density at radius 1 is 1.00 bits per heavy atom. The lowest BCUT2D eigenvalue weighted by Crippen LogP contribution is -2.13. The molecule has 35 heavy (non-hydrogen) atoms. The molecule has 0 spiro atoms. The van der Waals surface area contributed by atoms with Crippen molar-refractivity contribution in [1.29, 1.82) is 0 Å². The molecule has 4 heterocycles. The molecule has 0 bridgehead atoms. The number of rotatable bonds is 4. The number of anilines is 2. The number of aromatic amines is 1. The van der Waals surface area contributed by atoms with Crippen molar-refractivity contribution in [3.8, 4) is 22.5 Å². The van der Waals surface area contributed by atoms with Crippen LogP contribution in [0.4, 0.5) is 11.4 Å². The Bertz CT molecular complexity index is 1630. The standard InChI is InChI=1S/C25H16ClN7O2/c26-18-3-2-16(30-25(35)21-12-27-5-6-28-21)10-17(18)23-32-20-8-15(11-29-24(20)33-23)13-1-4-19-14(7-13)9-22(34)31-19/h1-8,10-12H,9H2,(H,30,35)(H,31,34)(H,29,32,33).